The van der Waals surface area contributed by atoms with Crippen molar-refractivity contribution >= 4 is 17.2 Å². The average molecular weight is 333 g/mol. The van der Waals surface area contributed by atoms with Crippen LogP contribution in [0.25, 0.3) is 0 Å². The van der Waals surface area contributed by atoms with Gasteiger partial charge in [0.1, 0.15) is 17.4 Å². The van der Waals surface area contributed by atoms with Gasteiger partial charge in [0.25, 0.3) is 5.91 Å². The number of hydrogen-bond acceptors (Lipinski definition) is 6. The number of aromatic nitrogens is 4. The van der Waals surface area contributed by atoms with Crippen molar-refractivity contribution in [2.24, 2.45) is 0 Å². The van der Waals surface area contributed by atoms with Crippen molar-refractivity contribution in [1.29, 1.82) is 0 Å². The summed E-state index contributed by atoms with van der Waals surface area (Å²) in [4.78, 5) is 18.6. The summed E-state index contributed by atoms with van der Waals surface area (Å²) in [6.07, 6.45) is 2.43. The van der Waals surface area contributed by atoms with E-state index in [4.69, 9.17) is 4.74 Å². The lowest BCUT2D eigenvalue weighted by Gasteiger charge is -2.34. The summed E-state index contributed by atoms with van der Waals surface area (Å²) >= 11 is 1.41. The second-order valence-corrected chi connectivity index (χ2v) is 5.92. The van der Waals surface area contributed by atoms with Crippen LogP contribution in [0, 0.1) is 0 Å². The fraction of sp³-hybridized carbons (Fsp3) is 0.467. The van der Waals surface area contributed by atoms with E-state index in [1.807, 2.05) is 11.6 Å². The van der Waals surface area contributed by atoms with E-state index in [9.17, 15) is 4.79 Å². The molecular weight excluding hydrogens is 314 g/mol. The largest absolute Gasteiger partial charge is 0.375 e. The van der Waals surface area contributed by atoms with Gasteiger partial charge < -0.3 is 9.64 Å². The van der Waals surface area contributed by atoms with Crippen LogP contribution >= 0.6 is 11.3 Å². The van der Waals surface area contributed by atoms with Gasteiger partial charge in [-0.2, -0.15) is 0 Å². The van der Waals surface area contributed by atoms with Crippen molar-refractivity contribution in [3.63, 3.8) is 0 Å². The molecule has 2 aromatic heterocycles. The van der Waals surface area contributed by atoms with E-state index >= 15 is 0 Å². The summed E-state index contributed by atoms with van der Waals surface area (Å²) < 4.78 is 7.50. The number of carbonyl (C=O) groups excluding carboxylic acids is 1. The van der Waals surface area contributed by atoms with E-state index in [1.165, 1.54) is 11.3 Å². The van der Waals surface area contributed by atoms with Gasteiger partial charge >= 0.3 is 0 Å². The number of fused-ring (bicyclic) bond motifs is 1. The molecule has 3 heterocycles. The second-order valence-electron chi connectivity index (χ2n) is 5.20. The van der Waals surface area contributed by atoms with E-state index in [1.54, 1.807) is 21.9 Å². The van der Waals surface area contributed by atoms with Crippen LogP contribution in [0.5, 0.6) is 0 Å². The molecule has 0 saturated carbocycles. The van der Waals surface area contributed by atoms with Crippen LogP contribution in [0.2, 0.25) is 0 Å². The van der Waals surface area contributed by atoms with Crippen molar-refractivity contribution in [1.82, 2.24) is 24.9 Å². The SMILES string of the molecule is C=CCOC[C@@H]1c2nnn(CC)c2CCN1C(=O)c1cscn1. The molecule has 8 heteroatoms. The van der Waals surface area contributed by atoms with Gasteiger partial charge in [-0.25, -0.2) is 9.67 Å². The Balaban J connectivity index is 1.89. The molecule has 1 aliphatic heterocycles. The highest BCUT2D eigenvalue weighted by Crippen LogP contribution is 2.29. The Morgan fingerprint density at radius 2 is 2.48 bits per heavy atom. The van der Waals surface area contributed by atoms with Crippen LogP contribution in [-0.4, -0.2) is 50.5 Å². The lowest BCUT2D eigenvalue weighted by atomic mass is 10.0. The van der Waals surface area contributed by atoms with Gasteiger partial charge in [0, 0.05) is 24.9 Å². The monoisotopic (exact) mass is 333 g/mol. The van der Waals surface area contributed by atoms with Gasteiger partial charge in [0.05, 0.1) is 24.4 Å². The Labute approximate surface area is 138 Å². The normalized spacial score (nSPS) is 17.1. The number of thiazole rings is 1. The first-order chi connectivity index (χ1) is 11.3. The number of amides is 1. The molecule has 0 aromatic carbocycles. The summed E-state index contributed by atoms with van der Waals surface area (Å²) in [5, 5.41) is 10.3. The molecule has 0 bridgehead atoms. The van der Waals surface area contributed by atoms with Crippen molar-refractivity contribution < 1.29 is 9.53 Å². The zero-order valence-electron chi connectivity index (χ0n) is 13.0. The third-order valence-corrected chi connectivity index (χ3v) is 4.46. The van der Waals surface area contributed by atoms with Crippen molar-refractivity contribution in [3.05, 3.63) is 40.6 Å². The molecule has 7 nitrogen and oxygen atoms in total. The standard InChI is InChI=1S/C15H19N5O2S/c1-3-7-22-8-13-14-12(20(4-2)18-17-14)5-6-19(13)15(21)11-9-23-10-16-11/h3,9-10,13H,1,4-8H2,2H3/t13-/m1/s1. The number of hydrogen-bond donors (Lipinski definition) is 0. The Morgan fingerprint density at radius 3 is 3.17 bits per heavy atom. The van der Waals surface area contributed by atoms with Crippen molar-refractivity contribution in [2.45, 2.75) is 25.9 Å². The van der Waals surface area contributed by atoms with E-state index in [0.717, 1.165) is 24.4 Å². The molecule has 0 saturated heterocycles. The van der Waals surface area contributed by atoms with Gasteiger partial charge in [0.2, 0.25) is 0 Å². The van der Waals surface area contributed by atoms with Crippen LogP contribution in [0.15, 0.2) is 23.5 Å². The van der Waals surface area contributed by atoms with Gasteiger partial charge in [-0.15, -0.1) is 23.0 Å². The molecule has 1 amide bonds. The summed E-state index contributed by atoms with van der Waals surface area (Å²) in [5.74, 6) is -0.0878. The Hall–Kier alpha value is -2.06. The lowest BCUT2D eigenvalue weighted by molar-refractivity contribution is 0.0433. The number of carbonyl (C=O) groups is 1. The van der Waals surface area contributed by atoms with Gasteiger partial charge in [-0.3, -0.25) is 4.79 Å². The third kappa shape index (κ3) is 3.04. The first-order valence-electron chi connectivity index (χ1n) is 7.56. The van der Waals surface area contributed by atoms with E-state index in [-0.39, 0.29) is 11.9 Å². The molecule has 0 fully saturated rings. The Morgan fingerprint density at radius 1 is 1.61 bits per heavy atom. The van der Waals surface area contributed by atoms with Crippen molar-refractivity contribution in [3.8, 4) is 0 Å². The number of ether oxygens (including phenoxy) is 1. The molecule has 0 N–H and O–H groups in total. The first kappa shape index (κ1) is 15.8. The van der Waals surface area contributed by atoms with Gasteiger partial charge in [-0.05, 0) is 6.92 Å². The van der Waals surface area contributed by atoms with Gasteiger partial charge in [-0.1, -0.05) is 11.3 Å². The van der Waals surface area contributed by atoms with Crippen LogP contribution in [0.3, 0.4) is 0 Å². The summed E-state index contributed by atoms with van der Waals surface area (Å²) in [6.45, 7) is 7.87. The highest BCUT2D eigenvalue weighted by Gasteiger charge is 2.35. The number of aryl methyl sites for hydroxylation is 1. The lowest BCUT2D eigenvalue weighted by Crippen LogP contribution is -2.42. The molecule has 23 heavy (non-hydrogen) atoms. The summed E-state index contributed by atoms with van der Waals surface area (Å²) in [6, 6.07) is -0.242. The predicted octanol–water partition coefficient (Wildman–Crippen LogP) is 1.70. The fourth-order valence-corrected chi connectivity index (χ4v) is 3.31. The van der Waals surface area contributed by atoms with E-state index in [2.05, 4.69) is 21.9 Å². The smallest absolute Gasteiger partial charge is 0.273 e. The quantitative estimate of drug-likeness (QED) is 0.594. The maximum atomic E-state index is 12.7. The fourth-order valence-electron chi connectivity index (χ4n) is 2.79. The van der Waals surface area contributed by atoms with Crippen LogP contribution in [-0.2, 0) is 17.7 Å². The zero-order chi connectivity index (χ0) is 16.2. The minimum Gasteiger partial charge on any atom is -0.375 e. The van der Waals surface area contributed by atoms with Crippen LogP contribution in [0.4, 0.5) is 0 Å². The summed E-state index contributed by atoms with van der Waals surface area (Å²) in [7, 11) is 0. The first-order valence-corrected chi connectivity index (χ1v) is 8.50. The molecule has 0 spiro atoms. The molecule has 0 radical (unpaired) electrons. The highest BCUT2D eigenvalue weighted by molar-refractivity contribution is 7.07. The predicted molar refractivity (Wildman–Crippen MR) is 86.3 cm³/mol. The maximum absolute atomic E-state index is 12.7. The maximum Gasteiger partial charge on any atom is 0.273 e. The highest BCUT2D eigenvalue weighted by atomic mass is 32.1. The number of nitrogens with zero attached hydrogens (tertiary/aromatic N) is 5. The van der Waals surface area contributed by atoms with E-state index in [0.29, 0.717) is 25.5 Å². The topological polar surface area (TPSA) is 73.1 Å². The van der Waals surface area contributed by atoms with Gasteiger partial charge in [0.15, 0.2) is 0 Å². The van der Waals surface area contributed by atoms with Crippen LogP contribution in [0.1, 0.15) is 34.8 Å². The molecule has 0 unspecified atom stereocenters. The second kappa shape index (κ2) is 7.01. The average Bonchev–Trinajstić information content (AvgIpc) is 3.24. The molecule has 1 atom stereocenters. The minimum atomic E-state index is -0.242. The van der Waals surface area contributed by atoms with Crippen molar-refractivity contribution in [2.75, 3.05) is 19.8 Å². The zero-order valence-corrected chi connectivity index (χ0v) is 13.8. The van der Waals surface area contributed by atoms with Crippen LogP contribution < -0.4 is 0 Å². The molecule has 2 aromatic rings. The molecule has 1 aliphatic rings. The Kier molecular flexibility index (Phi) is 4.82. The minimum absolute atomic E-state index is 0.0878. The molecule has 3 rings (SSSR count). The molecule has 0 aliphatic carbocycles. The Bertz CT molecular complexity index is 682. The summed E-state index contributed by atoms with van der Waals surface area (Å²) in [5.41, 5.74) is 4.04. The molecular formula is C15H19N5O2S. The molecule has 122 valence electrons. The third-order valence-electron chi connectivity index (χ3n) is 3.87. The van der Waals surface area contributed by atoms with E-state index < -0.39 is 0 Å². The number of rotatable bonds is 6.